The minimum absolute atomic E-state index is 0.0321. The molecule has 0 spiro atoms. The fourth-order valence-electron chi connectivity index (χ4n) is 2.85. The second kappa shape index (κ2) is 6.29. The van der Waals surface area contributed by atoms with E-state index in [1.165, 1.54) is 0 Å². The van der Waals surface area contributed by atoms with Crippen LogP contribution in [0.4, 0.5) is 0 Å². The van der Waals surface area contributed by atoms with E-state index in [1.54, 1.807) is 4.90 Å². The van der Waals surface area contributed by atoms with Gasteiger partial charge in [0, 0.05) is 13.0 Å². The predicted molar refractivity (Wildman–Crippen MR) is 82.8 cm³/mol. The van der Waals surface area contributed by atoms with Gasteiger partial charge in [0.05, 0.1) is 0 Å². The highest BCUT2D eigenvalue weighted by Gasteiger charge is 2.47. The average Bonchev–Trinajstić information content (AvgIpc) is 2.50. The van der Waals surface area contributed by atoms with E-state index < -0.39 is 11.6 Å². The molecule has 0 aromatic heterocycles. The molecule has 0 saturated carbocycles. The third kappa shape index (κ3) is 2.94. The summed E-state index contributed by atoms with van der Waals surface area (Å²) >= 11 is 0. The minimum atomic E-state index is -0.722. The van der Waals surface area contributed by atoms with Crippen LogP contribution in [0.5, 0.6) is 0 Å². The molecule has 0 bridgehead atoms. The Labute approximate surface area is 126 Å². The lowest BCUT2D eigenvalue weighted by molar-refractivity contribution is -0.156. The van der Waals surface area contributed by atoms with Gasteiger partial charge in [-0.25, -0.2) is 0 Å². The molecule has 114 valence electrons. The van der Waals surface area contributed by atoms with Crippen molar-refractivity contribution in [1.82, 2.24) is 10.2 Å². The molecule has 1 fully saturated rings. The van der Waals surface area contributed by atoms with E-state index in [1.807, 2.05) is 51.1 Å². The van der Waals surface area contributed by atoms with Crippen molar-refractivity contribution in [2.24, 2.45) is 0 Å². The summed E-state index contributed by atoms with van der Waals surface area (Å²) in [7, 11) is 0. The van der Waals surface area contributed by atoms with Gasteiger partial charge in [0.15, 0.2) is 0 Å². The molecule has 2 rings (SSSR count). The predicted octanol–water partition coefficient (Wildman–Crippen LogP) is 2.13. The maximum atomic E-state index is 12.8. The van der Waals surface area contributed by atoms with Crippen molar-refractivity contribution in [1.29, 1.82) is 0 Å². The summed E-state index contributed by atoms with van der Waals surface area (Å²) in [6.45, 7) is 6.46. The molecule has 2 atom stereocenters. The third-order valence-electron chi connectivity index (χ3n) is 4.37. The van der Waals surface area contributed by atoms with Gasteiger partial charge in [-0.3, -0.25) is 9.59 Å². The highest BCUT2D eigenvalue weighted by atomic mass is 16.2. The van der Waals surface area contributed by atoms with Crippen LogP contribution in [-0.4, -0.2) is 34.8 Å². The first-order valence-corrected chi connectivity index (χ1v) is 7.69. The number of rotatable bonds is 5. The Kier molecular flexibility index (Phi) is 4.66. The van der Waals surface area contributed by atoms with Gasteiger partial charge in [-0.05, 0) is 25.3 Å². The molecule has 1 aromatic rings. The fourth-order valence-corrected chi connectivity index (χ4v) is 2.85. The standard InChI is InChI=1S/C17H24N2O2/c1-4-11-19-15(20)14(12-13-9-7-6-8-10-13)18-16(21)17(19,3)5-2/h6-10,14H,4-5,11-12H2,1-3H3,(H,18,21). The van der Waals surface area contributed by atoms with Gasteiger partial charge in [-0.2, -0.15) is 0 Å². The number of nitrogens with one attached hydrogen (secondary N) is 1. The normalized spacial score (nSPS) is 25.9. The summed E-state index contributed by atoms with van der Waals surface area (Å²) in [6.07, 6.45) is 2.03. The molecule has 1 aliphatic rings. The van der Waals surface area contributed by atoms with E-state index in [2.05, 4.69) is 5.32 Å². The summed E-state index contributed by atoms with van der Waals surface area (Å²) in [5.74, 6) is -0.0105. The molecule has 1 aromatic carbocycles. The summed E-state index contributed by atoms with van der Waals surface area (Å²) in [5, 5.41) is 2.91. The molecule has 2 unspecified atom stereocenters. The molecule has 2 amide bonds. The Morgan fingerprint density at radius 3 is 2.43 bits per heavy atom. The van der Waals surface area contributed by atoms with E-state index in [0.717, 1.165) is 12.0 Å². The number of carbonyl (C=O) groups excluding carboxylic acids is 2. The lowest BCUT2D eigenvalue weighted by atomic mass is 9.89. The van der Waals surface area contributed by atoms with Crippen molar-refractivity contribution in [3.8, 4) is 0 Å². The van der Waals surface area contributed by atoms with Crippen molar-refractivity contribution in [2.75, 3.05) is 6.54 Å². The van der Waals surface area contributed by atoms with Crippen LogP contribution in [0.25, 0.3) is 0 Å². The van der Waals surface area contributed by atoms with E-state index in [-0.39, 0.29) is 11.8 Å². The maximum absolute atomic E-state index is 12.8. The van der Waals surface area contributed by atoms with Crippen LogP contribution in [0, 0.1) is 0 Å². The number of benzene rings is 1. The lowest BCUT2D eigenvalue weighted by Gasteiger charge is -2.46. The highest BCUT2D eigenvalue weighted by molar-refractivity contribution is 5.99. The van der Waals surface area contributed by atoms with Crippen LogP contribution in [-0.2, 0) is 16.0 Å². The molecule has 1 N–H and O–H groups in total. The van der Waals surface area contributed by atoms with Gasteiger partial charge >= 0.3 is 0 Å². The Morgan fingerprint density at radius 1 is 1.19 bits per heavy atom. The molecule has 1 heterocycles. The van der Waals surface area contributed by atoms with Gasteiger partial charge in [0.1, 0.15) is 11.6 Å². The first-order chi connectivity index (χ1) is 10.0. The lowest BCUT2D eigenvalue weighted by Crippen LogP contribution is -2.69. The van der Waals surface area contributed by atoms with E-state index >= 15 is 0 Å². The number of amides is 2. The Morgan fingerprint density at radius 2 is 1.86 bits per heavy atom. The quantitative estimate of drug-likeness (QED) is 0.902. The zero-order valence-corrected chi connectivity index (χ0v) is 13.1. The summed E-state index contributed by atoms with van der Waals surface area (Å²) in [6, 6.07) is 9.36. The Hall–Kier alpha value is -1.84. The van der Waals surface area contributed by atoms with Crippen LogP contribution in [0.1, 0.15) is 39.2 Å². The van der Waals surface area contributed by atoms with Crippen LogP contribution in [0.2, 0.25) is 0 Å². The molecule has 0 aliphatic carbocycles. The molecule has 21 heavy (non-hydrogen) atoms. The molecular weight excluding hydrogens is 264 g/mol. The molecule has 4 nitrogen and oxygen atoms in total. The number of carbonyl (C=O) groups is 2. The monoisotopic (exact) mass is 288 g/mol. The van der Waals surface area contributed by atoms with Crippen molar-refractivity contribution >= 4 is 11.8 Å². The number of hydrogen-bond donors (Lipinski definition) is 1. The Balaban J connectivity index is 2.22. The zero-order chi connectivity index (χ0) is 15.5. The van der Waals surface area contributed by atoms with Crippen LogP contribution < -0.4 is 5.32 Å². The number of hydrogen-bond acceptors (Lipinski definition) is 2. The fraction of sp³-hybridized carbons (Fsp3) is 0.529. The molecule has 1 saturated heterocycles. The molecular formula is C17H24N2O2. The van der Waals surface area contributed by atoms with Crippen molar-refractivity contribution in [3.05, 3.63) is 35.9 Å². The van der Waals surface area contributed by atoms with E-state index in [0.29, 0.717) is 19.4 Å². The summed E-state index contributed by atoms with van der Waals surface area (Å²) in [5.41, 5.74) is 0.341. The van der Waals surface area contributed by atoms with Crippen molar-refractivity contribution < 1.29 is 9.59 Å². The number of piperazine rings is 1. The second-order valence-corrected chi connectivity index (χ2v) is 5.83. The molecule has 1 aliphatic heterocycles. The molecule has 0 radical (unpaired) electrons. The van der Waals surface area contributed by atoms with Crippen LogP contribution in [0.15, 0.2) is 30.3 Å². The number of nitrogens with zero attached hydrogens (tertiary/aromatic N) is 1. The van der Waals surface area contributed by atoms with Gasteiger partial charge in [-0.15, -0.1) is 0 Å². The SMILES string of the molecule is CCCN1C(=O)C(Cc2ccccc2)NC(=O)C1(C)CC. The van der Waals surface area contributed by atoms with Crippen molar-refractivity contribution in [2.45, 2.75) is 51.6 Å². The third-order valence-corrected chi connectivity index (χ3v) is 4.37. The van der Waals surface area contributed by atoms with E-state index in [4.69, 9.17) is 0 Å². The topological polar surface area (TPSA) is 49.4 Å². The maximum Gasteiger partial charge on any atom is 0.246 e. The molecule has 4 heteroatoms. The van der Waals surface area contributed by atoms with Crippen LogP contribution >= 0.6 is 0 Å². The summed E-state index contributed by atoms with van der Waals surface area (Å²) in [4.78, 5) is 27.0. The van der Waals surface area contributed by atoms with Gasteiger partial charge in [0.25, 0.3) is 0 Å². The van der Waals surface area contributed by atoms with Crippen molar-refractivity contribution in [3.63, 3.8) is 0 Å². The van der Waals surface area contributed by atoms with Gasteiger partial charge in [-0.1, -0.05) is 44.2 Å². The van der Waals surface area contributed by atoms with Gasteiger partial charge < -0.3 is 10.2 Å². The minimum Gasteiger partial charge on any atom is -0.342 e. The highest BCUT2D eigenvalue weighted by Crippen LogP contribution is 2.26. The first kappa shape index (κ1) is 15.5. The average molecular weight is 288 g/mol. The van der Waals surface area contributed by atoms with E-state index in [9.17, 15) is 9.59 Å². The zero-order valence-electron chi connectivity index (χ0n) is 13.1. The second-order valence-electron chi connectivity index (χ2n) is 5.83. The first-order valence-electron chi connectivity index (χ1n) is 7.69. The smallest absolute Gasteiger partial charge is 0.246 e. The summed E-state index contributed by atoms with van der Waals surface area (Å²) < 4.78 is 0. The van der Waals surface area contributed by atoms with Crippen LogP contribution in [0.3, 0.4) is 0 Å². The van der Waals surface area contributed by atoms with Gasteiger partial charge in [0.2, 0.25) is 11.8 Å². The largest absolute Gasteiger partial charge is 0.342 e. The Bertz CT molecular complexity index is 515.